The molecule has 0 saturated heterocycles. The van der Waals surface area contributed by atoms with Gasteiger partial charge in [0, 0.05) is 12.4 Å². The number of rotatable bonds is 3. The summed E-state index contributed by atoms with van der Waals surface area (Å²) in [6, 6.07) is 7.23. The smallest absolute Gasteiger partial charge is 0.275 e. The molecule has 0 fully saturated rings. The zero-order valence-corrected chi connectivity index (χ0v) is 13.1. The molecule has 112 valence electrons. The molecule has 5 nitrogen and oxygen atoms in total. The number of pyridine rings is 2. The molecule has 0 radical (unpaired) electrons. The molecule has 0 spiro atoms. The highest BCUT2D eigenvalue weighted by Gasteiger charge is 2.19. The van der Waals surface area contributed by atoms with Crippen LogP contribution in [-0.4, -0.2) is 20.3 Å². The molecule has 3 aromatic rings. The molecule has 0 atom stereocenters. The summed E-state index contributed by atoms with van der Waals surface area (Å²) in [7, 11) is 0. The molecular formula is C16H15ClN4O. The van der Waals surface area contributed by atoms with Crippen molar-refractivity contribution in [2.45, 2.75) is 20.3 Å². The van der Waals surface area contributed by atoms with Crippen molar-refractivity contribution in [3.63, 3.8) is 0 Å². The minimum Gasteiger partial charge on any atom is -0.305 e. The summed E-state index contributed by atoms with van der Waals surface area (Å²) in [6.07, 6.45) is 4.02. The first kappa shape index (κ1) is 14.5. The van der Waals surface area contributed by atoms with Crippen LogP contribution in [0.1, 0.15) is 28.7 Å². The number of anilines is 1. The Labute approximate surface area is 133 Å². The molecule has 1 N–H and O–H groups in total. The van der Waals surface area contributed by atoms with Crippen molar-refractivity contribution in [1.82, 2.24) is 14.4 Å². The number of fused-ring (bicyclic) bond motifs is 1. The summed E-state index contributed by atoms with van der Waals surface area (Å²) in [5, 5.41) is 3.31. The number of carbonyl (C=O) groups is 1. The maximum Gasteiger partial charge on any atom is 0.275 e. The summed E-state index contributed by atoms with van der Waals surface area (Å²) in [4.78, 5) is 21.3. The van der Waals surface area contributed by atoms with Crippen molar-refractivity contribution in [2.75, 3.05) is 5.32 Å². The fourth-order valence-electron chi connectivity index (χ4n) is 2.36. The van der Waals surface area contributed by atoms with Crippen LogP contribution in [0, 0.1) is 6.92 Å². The van der Waals surface area contributed by atoms with E-state index in [1.54, 1.807) is 12.1 Å². The standard InChI is InChI=1S/C16H15ClN4O/c1-3-12-14(21-8-4-5-10(2)15(21)19-12)16(22)20-13-7-6-11(17)9-18-13/h4-9H,3H2,1-2H3,(H,18,20,22). The molecule has 0 saturated carbocycles. The van der Waals surface area contributed by atoms with Crippen LogP contribution in [0.3, 0.4) is 0 Å². The normalized spacial score (nSPS) is 10.9. The van der Waals surface area contributed by atoms with Gasteiger partial charge in [-0.3, -0.25) is 9.20 Å². The van der Waals surface area contributed by atoms with Gasteiger partial charge in [-0.05, 0) is 37.1 Å². The number of nitrogens with one attached hydrogen (secondary N) is 1. The van der Waals surface area contributed by atoms with Crippen LogP contribution in [0.4, 0.5) is 5.82 Å². The van der Waals surface area contributed by atoms with E-state index in [1.165, 1.54) is 6.20 Å². The second-order valence-electron chi connectivity index (χ2n) is 4.96. The Bertz CT molecular complexity index is 839. The molecule has 1 amide bonds. The number of nitrogens with zero attached hydrogens (tertiary/aromatic N) is 3. The van der Waals surface area contributed by atoms with Crippen LogP contribution in [0.2, 0.25) is 5.02 Å². The summed E-state index contributed by atoms with van der Waals surface area (Å²) >= 11 is 5.80. The summed E-state index contributed by atoms with van der Waals surface area (Å²) in [5.41, 5.74) is 3.13. The van der Waals surface area contributed by atoms with Gasteiger partial charge in [0.25, 0.3) is 5.91 Å². The Kier molecular flexibility index (Phi) is 3.81. The number of carbonyl (C=O) groups excluding carboxylic acids is 1. The van der Waals surface area contributed by atoms with Gasteiger partial charge >= 0.3 is 0 Å². The Morgan fingerprint density at radius 2 is 2.18 bits per heavy atom. The van der Waals surface area contributed by atoms with E-state index in [0.29, 0.717) is 23.0 Å². The Hall–Kier alpha value is -2.40. The minimum atomic E-state index is -0.232. The Morgan fingerprint density at radius 1 is 1.36 bits per heavy atom. The highest BCUT2D eigenvalue weighted by Crippen LogP contribution is 2.18. The predicted molar refractivity (Wildman–Crippen MR) is 86.5 cm³/mol. The van der Waals surface area contributed by atoms with Crippen molar-refractivity contribution >= 4 is 29.0 Å². The van der Waals surface area contributed by atoms with E-state index in [1.807, 2.05) is 36.6 Å². The van der Waals surface area contributed by atoms with Crippen molar-refractivity contribution in [2.24, 2.45) is 0 Å². The number of aryl methyl sites for hydroxylation is 2. The van der Waals surface area contributed by atoms with Gasteiger partial charge in [-0.1, -0.05) is 24.6 Å². The zero-order chi connectivity index (χ0) is 15.7. The van der Waals surface area contributed by atoms with Crippen molar-refractivity contribution in [3.8, 4) is 0 Å². The number of halogens is 1. The molecular weight excluding hydrogens is 300 g/mol. The van der Waals surface area contributed by atoms with Gasteiger partial charge in [-0.15, -0.1) is 0 Å². The monoisotopic (exact) mass is 314 g/mol. The zero-order valence-electron chi connectivity index (χ0n) is 12.3. The highest BCUT2D eigenvalue weighted by molar-refractivity contribution is 6.30. The van der Waals surface area contributed by atoms with E-state index in [9.17, 15) is 4.79 Å². The molecule has 3 heterocycles. The van der Waals surface area contributed by atoms with Crippen LogP contribution in [0.5, 0.6) is 0 Å². The molecule has 0 aromatic carbocycles. The van der Waals surface area contributed by atoms with Gasteiger partial charge in [-0.25, -0.2) is 9.97 Å². The molecule has 0 bridgehead atoms. The molecule has 3 aromatic heterocycles. The lowest BCUT2D eigenvalue weighted by atomic mass is 10.2. The molecule has 0 aliphatic heterocycles. The van der Waals surface area contributed by atoms with Gasteiger partial charge in [-0.2, -0.15) is 0 Å². The maximum atomic E-state index is 12.6. The third-order valence-corrected chi connectivity index (χ3v) is 3.66. The minimum absolute atomic E-state index is 0.232. The first-order valence-electron chi connectivity index (χ1n) is 6.99. The van der Waals surface area contributed by atoms with Crippen molar-refractivity contribution in [3.05, 3.63) is 58.6 Å². The van der Waals surface area contributed by atoms with E-state index in [0.717, 1.165) is 16.9 Å². The van der Waals surface area contributed by atoms with Crippen LogP contribution in [-0.2, 0) is 6.42 Å². The molecule has 0 aliphatic carbocycles. The average Bonchev–Trinajstić information content (AvgIpc) is 2.89. The van der Waals surface area contributed by atoms with Gasteiger partial charge < -0.3 is 5.32 Å². The second kappa shape index (κ2) is 5.77. The number of imidazole rings is 1. The summed E-state index contributed by atoms with van der Waals surface area (Å²) in [5.74, 6) is 0.226. The van der Waals surface area contributed by atoms with Crippen LogP contribution >= 0.6 is 11.6 Å². The molecule has 3 rings (SSSR count). The topological polar surface area (TPSA) is 59.3 Å². The van der Waals surface area contributed by atoms with E-state index in [-0.39, 0.29) is 5.91 Å². The highest BCUT2D eigenvalue weighted by atomic mass is 35.5. The van der Waals surface area contributed by atoms with Gasteiger partial charge in [0.2, 0.25) is 0 Å². The number of hydrogen-bond donors (Lipinski definition) is 1. The maximum absolute atomic E-state index is 12.6. The first-order chi connectivity index (χ1) is 10.6. The molecule has 22 heavy (non-hydrogen) atoms. The molecule has 0 unspecified atom stereocenters. The number of amides is 1. The van der Waals surface area contributed by atoms with Gasteiger partial charge in [0.15, 0.2) is 0 Å². The van der Waals surface area contributed by atoms with Crippen LogP contribution in [0.25, 0.3) is 5.65 Å². The van der Waals surface area contributed by atoms with Gasteiger partial charge in [0.1, 0.15) is 17.2 Å². The van der Waals surface area contributed by atoms with E-state index in [2.05, 4.69) is 15.3 Å². The molecule has 6 heteroatoms. The largest absolute Gasteiger partial charge is 0.305 e. The Balaban J connectivity index is 2.03. The quantitative estimate of drug-likeness (QED) is 0.805. The number of hydrogen-bond acceptors (Lipinski definition) is 3. The summed E-state index contributed by atoms with van der Waals surface area (Å²) < 4.78 is 1.82. The lowest BCUT2D eigenvalue weighted by Crippen LogP contribution is -2.17. The fraction of sp³-hybridized carbons (Fsp3) is 0.188. The lowest BCUT2D eigenvalue weighted by Gasteiger charge is -2.06. The average molecular weight is 315 g/mol. The van der Waals surface area contributed by atoms with Crippen LogP contribution in [0.15, 0.2) is 36.7 Å². The van der Waals surface area contributed by atoms with E-state index >= 15 is 0 Å². The van der Waals surface area contributed by atoms with Crippen molar-refractivity contribution < 1.29 is 4.79 Å². The third-order valence-electron chi connectivity index (χ3n) is 3.44. The van der Waals surface area contributed by atoms with Crippen LogP contribution < -0.4 is 5.32 Å². The second-order valence-corrected chi connectivity index (χ2v) is 5.40. The lowest BCUT2D eigenvalue weighted by molar-refractivity contribution is 0.102. The SMILES string of the molecule is CCc1nc2c(C)cccn2c1C(=O)Nc1ccc(Cl)cn1. The summed E-state index contributed by atoms with van der Waals surface area (Å²) in [6.45, 7) is 3.96. The van der Waals surface area contributed by atoms with Gasteiger partial charge in [0.05, 0.1) is 10.7 Å². The molecule has 0 aliphatic rings. The van der Waals surface area contributed by atoms with E-state index in [4.69, 9.17) is 11.6 Å². The predicted octanol–water partition coefficient (Wildman–Crippen LogP) is 3.51. The Morgan fingerprint density at radius 3 is 2.86 bits per heavy atom. The van der Waals surface area contributed by atoms with Crippen molar-refractivity contribution in [1.29, 1.82) is 0 Å². The third kappa shape index (κ3) is 2.55. The fourth-order valence-corrected chi connectivity index (χ4v) is 2.47. The number of aromatic nitrogens is 3. The van der Waals surface area contributed by atoms with E-state index < -0.39 is 0 Å². The first-order valence-corrected chi connectivity index (χ1v) is 7.37.